The highest BCUT2D eigenvalue weighted by atomic mass is 16.6. The van der Waals surface area contributed by atoms with Gasteiger partial charge in [0.25, 0.3) is 5.69 Å². The summed E-state index contributed by atoms with van der Waals surface area (Å²) in [5, 5.41) is 22.7. The van der Waals surface area contributed by atoms with E-state index in [-0.39, 0.29) is 17.5 Å². The van der Waals surface area contributed by atoms with Crippen molar-refractivity contribution in [1.29, 1.82) is 0 Å². The van der Waals surface area contributed by atoms with E-state index in [1.54, 1.807) is 6.07 Å². The van der Waals surface area contributed by atoms with Crippen LogP contribution in [0.15, 0.2) is 77.8 Å². The number of likely N-dealkylation sites (tertiary alicyclic amines) is 1. The number of H-pyrrole nitrogens is 1. The van der Waals surface area contributed by atoms with Gasteiger partial charge in [-0.1, -0.05) is 42.5 Å². The van der Waals surface area contributed by atoms with Crippen LogP contribution in [0.5, 0.6) is 5.88 Å². The number of nitro benzene ring substituents is 1. The molecule has 8 nitrogen and oxygen atoms in total. The number of carbonyl (C=O) groups is 1. The van der Waals surface area contributed by atoms with Gasteiger partial charge in [-0.3, -0.25) is 14.9 Å². The van der Waals surface area contributed by atoms with Crippen LogP contribution in [0.4, 0.5) is 11.4 Å². The number of hydrogen-bond acceptors (Lipinski definition) is 5. The third kappa shape index (κ3) is 4.84. The van der Waals surface area contributed by atoms with Crippen LogP contribution >= 0.6 is 0 Å². The Morgan fingerprint density at radius 3 is 2.56 bits per heavy atom. The maximum absolute atomic E-state index is 11.8. The molecule has 0 radical (unpaired) electrons. The van der Waals surface area contributed by atoms with Crippen molar-refractivity contribution < 1.29 is 14.8 Å². The van der Waals surface area contributed by atoms with Gasteiger partial charge in [-0.2, -0.15) is 0 Å². The van der Waals surface area contributed by atoms with E-state index in [0.29, 0.717) is 34.3 Å². The van der Waals surface area contributed by atoms with Crippen LogP contribution in [0, 0.1) is 10.1 Å². The summed E-state index contributed by atoms with van der Waals surface area (Å²) < 4.78 is 0. The molecule has 1 saturated heterocycles. The fraction of sp³-hybridized carbons (Fsp3) is 0.214. The fourth-order valence-electron chi connectivity index (χ4n) is 4.66. The molecule has 2 N–H and O–H groups in total. The van der Waals surface area contributed by atoms with Gasteiger partial charge < -0.3 is 15.0 Å². The standard InChI is InChI=1S/C28H26N4O4/c33-25-9-5-17-31(25)16-4-6-19-10-12-21(13-11-19)29-27(20-7-2-1-3-8-20)26-23-18-22(32(35)36)14-15-24(23)30-28(26)34/h1-3,7-8,10-15,18,30,34H,4-6,9,16-17H2. The Kier molecular flexibility index (Phi) is 6.49. The molecule has 2 heterocycles. The Morgan fingerprint density at radius 1 is 1.08 bits per heavy atom. The Balaban J connectivity index is 1.46. The Bertz CT molecular complexity index is 1440. The largest absolute Gasteiger partial charge is 0.494 e. The number of nitro groups is 1. The zero-order valence-corrected chi connectivity index (χ0v) is 19.7. The minimum Gasteiger partial charge on any atom is -0.494 e. The van der Waals surface area contributed by atoms with E-state index in [4.69, 9.17) is 4.99 Å². The van der Waals surface area contributed by atoms with Crippen molar-refractivity contribution in [3.63, 3.8) is 0 Å². The summed E-state index contributed by atoms with van der Waals surface area (Å²) in [5.41, 5.74) is 4.09. The van der Waals surface area contributed by atoms with E-state index in [1.165, 1.54) is 12.1 Å². The van der Waals surface area contributed by atoms with E-state index in [2.05, 4.69) is 4.98 Å². The average Bonchev–Trinajstić information content (AvgIpc) is 3.45. The van der Waals surface area contributed by atoms with Gasteiger partial charge in [0.2, 0.25) is 5.91 Å². The number of rotatable bonds is 8. The van der Waals surface area contributed by atoms with E-state index in [0.717, 1.165) is 43.5 Å². The molecule has 4 aromatic rings. The number of carbonyl (C=O) groups excluding carboxylic acids is 1. The number of nitrogens with zero attached hydrogens (tertiary/aromatic N) is 3. The molecular weight excluding hydrogens is 456 g/mol. The number of non-ortho nitro benzene ring substituents is 1. The fourth-order valence-corrected chi connectivity index (χ4v) is 4.66. The molecular formula is C28H26N4O4. The van der Waals surface area contributed by atoms with Crippen LogP contribution in [-0.4, -0.2) is 44.6 Å². The summed E-state index contributed by atoms with van der Waals surface area (Å²) in [7, 11) is 0. The maximum atomic E-state index is 11.8. The Morgan fingerprint density at radius 2 is 1.86 bits per heavy atom. The number of benzene rings is 3. The highest BCUT2D eigenvalue weighted by Crippen LogP contribution is 2.33. The lowest BCUT2D eigenvalue weighted by molar-refractivity contribution is -0.384. The predicted molar refractivity (Wildman–Crippen MR) is 139 cm³/mol. The molecule has 36 heavy (non-hydrogen) atoms. The quantitative estimate of drug-likeness (QED) is 0.196. The van der Waals surface area contributed by atoms with Crippen molar-refractivity contribution in [1.82, 2.24) is 9.88 Å². The summed E-state index contributed by atoms with van der Waals surface area (Å²) in [6.45, 7) is 1.64. The normalized spacial score (nSPS) is 14.1. The summed E-state index contributed by atoms with van der Waals surface area (Å²) in [5.74, 6) is 0.153. The van der Waals surface area contributed by atoms with E-state index >= 15 is 0 Å². The Hall–Kier alpha value is -4.46. The number of aromatic amines is 1. The van der Waals surface area contributed by atoms with Gasteiger partial charge in [0.05, 0.1) is 21.9 Å². The summed E-state index contributed by atoms with van der Waals surface area (Å²) in [6, 6.07) is 21.8. The number of aromatic nitrogens is 1. The lowest BCUT2D eigenvalue weighted by atomic mass is 10.0. The van der Waals surface area contributed by atoms with Crippen LogP contribution in [0.2, 0.25) is 0 Å². The molecule has 8 heteroatoms. The zero-order valence-electron chi connectivity index (χ0n) is 19.7. The highest BCUT2D eigenvalue weighted by Gasteiger charge is 2.21. The van der Waals surface area contributed by atoms with Crippen molar-refractivity contribution in [3.8, 4) is 5.88 Å². The molecule has 0 atom stereocenters. The minimum absolute atomic E-state index is 0.0601. The molecule has 5 rings (SSSR count). The van der Waals surface area contributed by atoms with Crippen LogP contribution in [-0.2, 0) is 11.2 Å². The molecule has 1 aliphatic heterocycles. The molecule has 1 amide bonds. The van der Waals surface area contributed by atoms with E-state index in [1.807, 2.05) is 59.5 Å². The smallest absolute Gasteiger partial charge is 0.270 e. The monoisotopic (exact) mass is 482 g/mol. The van der Waals surface area contributed by atoms with E-state index < -0.39 is 4.92 Å². The van der Waals surface area contributed by atoms with Gasteiger partial charge in [-0.05, 0) is 43.0 Å². The zero-order chi connectivity index (χ0) is 25.1. The second-order valence-electron chi connectivity index (χ2n) is 8.92. The summed E-state index contributed by atoms with van der Waals surface area (Å²) >= 11 is 0. The number of hydrogen-bond donors (Lipinski definition) is 2. The third-order valence-corrected chi connectivity index (χ3v) is 6.50. The summed E-state index contributed by atoms with van der Waals surface area (Å²) in [6.07, 6.45) is 3.39. The first-order valence-electron chi connectivity index (χ1n) is 12.0. The number of nitrogens with one attached hydrogen (secondary N) is 1. The first-order valence-corrected chi connectivity index (χ1v) is 12.0. The third-order valence-electron chi connectivity index (χ3n) is 6.50. The number of aliphatic imine (C=N–C) groups is 1. The van der Waals surface area contributed by atoms with Gasteiger partial charge in [-0.15, -0.1) is 0 Å². The topological polar surface area (TPSA) is 112 Å². The number of amides is 1. The lowest BCUT2D eigenvalue weighted by Crippen LogP contribution is -2.25. The van der Waals surface area contributed by atoms with Crippen molar-refractivity contribution in [2.24, 2.45) is 4.99 Å². The SMILES string of the molecule is O=C1CCCN1CCCc1ccc(N=C(c2ccccc2)c2c(O)[nH]c3ccc([N+](=O)[O-])cc23)cc1. The molecule has 1 aromatic heterocycles. The van der Waals surface area contributed by atoms with Crippen molar-refractivity contribution in [3.05, 3.63) is 99.6 Å². The van der Waals surface area contributed by atoms with Crippen molar-refractivity contribution in [2.45, 2.75) is 25.7 Å². The molecule has 3 aromatic carbocycles. The summed E-state index contributed by atoms with van der Waals surface area (Å²) in [4.78, 5) is 32.4. The molecule has 0 aliphatic carbocycles. The highest BCUT2D eigenvalue weighted by molar-refractivity contribution is 6.22. The van der Waals surface area contributed by atoms with Gasteiger partial charge in [0.15, 0.2) is 5.88 Å². The van der Waals surface area contributed by atoms with Gasteiger partial charge in [0, 0.05) is 48.1 Å². The minimum atomic E-state index is -0.453. The van der Waals surface area contributed by atoms with Crippen molar-refractivity contribution >= 4 is 33.9 Å². The number of aromatic hydroxyl groups is 1. The van der Waals surface area contributed by atoms with E-state index in [9.17, 15) is 20.0 Å². The number of fused-ring (bicyclic) bond motifs is 1. The first kappa shape index (κ1) is 23.3. The Labute approximate surface area is 208 Å². The van der Waals surface area contributed by atoms with Crippen LogP contribution in [0.1, 0.15) is 36.0 Å². The van der Waals surface area contributed by atoms with Gasteiger partial charge >= 0.3 is 0 Å². The molecule has 1 aliphatic rings. The molecule has 1 fully saturated rings. The second kappa shape index (κ2) is 10.0. The second-order valence-corrected chi connectivity index (χ2v) is 8.92. The average molecular weight is 483 g/mol. The van der Waals surface area contributed by atoms with Crippen LogP contribution < -0.4 is 0 Å². The van der Waals surface area contributed by atoms with Gasteiger partial charge in [-0.25, -0.2) is 4.99 Å². The lowest BCUT2D eigenvalue weighted by Gasteiger charge is -2.15. The first-order chi connectivity index (χ1) is 17.5. The molecule has 182 valence electrons. The molecule has 0 bridgehead atoms. The van der Waals surface area contributed by atoms with Crippen molar-refractivity contribution in [2.75, 3.05) is 13.1 Å². The molecule has 0 saturated carbocycles. The molecule has 0 unspecified atom stereocenters. The van der Waals surface area contributed by atoms with Crippen LogP contribution in [0.25, 0.3) is 10.9 Å². The molecule has 0 spiro atoms. The number of aryl methyl sites for hydroxylation is 1. The van der Waals surface area contributed by atoms with Gasteiger partial charge in [0.1, 0.15) is 0 Å². The maximum Gasteiger partial charge on any atom is 0.270 e. The predicted octanol–water partition coefficient (Wildman–Crippen LogP) is 5.51. The van der Waals surface area contributed by atoms with Crippen LogP contribution in [0.3, 0.4) is 0 Å².